The van der Waals surface area contributed by atoms with Gasteiger partial charge in [0.15, 0.2) is 17.6 Å². The number of carbonyl (C=O) groups excluding carboxylic acids is 2. The first kappa shape index (κ1) is 23.9. The van der Waals surface area contributed by atoms with Gasteiger partial charge in [-0.15, -0.1) is 10.2 Å². The van der Waals surface area contributed by atoms with Crippen LogP contribution in [0.2, 0.25) is 0 Å². The number of aromatic nitrogens is 3. The Morgan fingerprint density at radius 1 is 1.00 bits per heavy atom. The Hall–Kier alpha value is -3.20. The van der Waals surface area contributed by atoms with Crippen LogP contribution < -0.4 is 5.32 Å². The van der Waals surface area contributed by atoms with E-state index in [0.29, 0.717) is 16.5 Å². The van der Waals surface area contributed by atoms with Crippen LogP contribution in [0, 0.1) is 5.82 Å². The van der Waals surface area contributed by atoms with Crippen LogP contribution >= 0.6 is 11.8 Å². The molecule has 1 heterocycles. The maximum Gasteiger partial charge on any atom is 0.316 e. The predicted octanol–water partition coefficient (Wildman–Crippen LogP) is 4.55. The highest BCUT2D eigenvalue weighted by Crippen LogP contribution is 2.28. The molecule has 34 heavy (non-hydrogen) atoms. The molecular formula is C25H27FN4O3S. The molecule has 4 rings (SSSR count). The highest BCUT2D eigenvalue weighted by Gasteiger charge is 2.19. The number of benzene rings is 2. The summed E-state index contributed by atoms with van der Waals surface area (Å²) in [6.07, 6.45) is 6.58. The van der Waals surface area contributed by atoms with Crippen LogP contribution in [-0.4, -0.2) is 45.0 Å². The number of amides is 1. The zero-order valence-electron chi connectivity index (χ0n) is 18.8. The second-order valence-corrected chi connectivity index (χ2v) is 9.13. The van der Waals surface area contributed by atoms with Crippen LogP contribution in [0.4, 0.5) is 4.39 Å². The lowest BCUT2D eigenvalue weighted by Gasteiger charge is -2.16. The Bertz CT molecular complexity index is 1100. The lowest BCUT2D eigenvalue weighted by Crippen LogP contribution is -2.37. The monoisotopic (exact) mass is 482 g/mol. The van der Waals surface area contributed by atoms with Crippen molar-refractivity contribution in [3.63, 3.8) is 0 Å². The Morgan fingerprint density at radius 2 is 1.71 bits per heavy atom. The smallest absolute Gasteiger partial charge is 0.316 e. The molecule has 0 saturated heterocycles. The van der Waals surface area contributed by atoms with Crippen molar-refractivity contribution in [2.45, 2.75) is 49.7 Å². The lowest BCUT2D eigenvalue weighted by molar-refractivity contribution is -0.146. The van der Waals surface area contributed by atoms with Gasteiger partial charge in [0, 0.05) is 17.3 Å². The molecule has 1 aromatic heterocycles. The van der Waals surface area contributed by atoms with Gasteiger partial charge >= 0.3 is 5.97 Å². The Kier molecular flexibility index (Phi) is 8.30. The van der Waals surface area contributed by atoms with E-state index in [1.807, 2.05) is 34.9 Å². The third-order valence-electron chi connectivity index (χ3n) is 5.65. The number of thioether (sulfide) groups is 1. The first-order valence-corrected chi connectivity index (χ1v) is 12.4. The number of carbonyl (C=O) groups is 2. The number of halogens is 1. The average molecular weight is 483 g/mol. The quantitative estimate of drug-likeness (QED) is 0.288. The third-order valence-corrected chi connectivity index (χ3v) is 6.56. The zero-order valence-corrected chi connectivity index (χ0v) is 19.6. The summed E-state index contributed by atoms with van der Waals surface area (Å²) >= 11 is 1.17. The number of nitrogens with one attached hydrogen (secondary N) is 1. The summed E-state index contributed by atoms with van der Waals surface area (Å²) in [5, 5.41) is 12.0. The number of esters is 1. The summed E-state index contributed by atoms with van der Waals surface area (Å²) in [5.74, 6) is -0.603. The molecule has 1 saturated carbocycles. The van der Waals surface area contributed by atoms with Gasteiger partial charge < -0.3 is 10.1 Å². The summed E-state index contributed by atoms with van der Waals surface area (Å²) in [7, 11) is 0. The van der Waals surface area contributed by atoms with Gasteiger partial charge in [0.05, 0.1) is 5.75 Å². The molecule has 0 atom stereocenters. The second kappa shape index (κ2) is 11.8. The molecule has 9 heteroatoms. The van der Waals surface area contributed by atoms with Crippen molar-refractivity contribution >= 4 is 23.6 Å². The molecule has 1 fully saturated rings. The molecule has 1 N–H and O–H groups in total. The number of hydrogen-bond donors (Lipinski definition) is 1. The fourth-order valence-electron chi connectivity index (χ4n) is 3.96. The van der Waals surface area contributed by atoms with Crippen molar-refractivity contribution in [3.8, 4) is 17.1 Å². The van der Waals surface area contributed by atoms with Crippen LogP contribution in [0.25, 0.3) is 17.1 Å². The minimum absolute atomic E-state index is 0.0227. The second-order valence-electron chi connectivity index (χ2n) is 8.19. The van der Waals surface area contributed by atoms with Crippen molar-refractivity contribution in [1.82, 2.24) is 20.1 Å². The van der Waals surface area contributed by atoms with Crippen molar-refractivity contribution in [2.24, 2.45) is 0 Å². The van der Waals surface area contributed by atoms with Crippen LogP contribution in [-0.2, 0) is 14.3 Å². The predicted molar refractivity (Wildman–Crippen MR) is 128 cm³/mol. The van der Waals surface area contributed by atoms with Gasteiger partial charge in [0.1, 0.15) is 5.82 Å². The molecule has 0 spiro atoms. The van der Waals surface area contributed by atoms with Gasteiger partial charge in [-0.25, -0.2) is 4.39 Å². The van der Waals surface area contributed by atoms with E-state index in [9.17, 15) is 14.0 Å². The largest absolute Gasteiger partial charge is 0.455 e. The third kappa shape index (κ3) is 6.44. The van der Waals surface area contributed by atoms with Crippen LogP contribution in [0.5, 0.6) is 0 Å². The van der Waals surface area contributed by atoms with E-state index >= 15 is 0 Å². The van der Waals surface area contributed by atoms with E-state index in [4.69, 9.17) is 4.74 Å². The van der Waals surface area contributed by atoms with Crippen LogP contribution in [0.3, 0.4) is 0 Å². The number of para-hydroxylation sites is 1. The molecule has 0 aliphatic heterocycles. The maximum absolute atomic E-state index is 13.4. The zero-order chi connectivity index (χ0) is 23.8. The lowest BCUT2D eigenvalue weighted by atomic mass is 10.1. The molecule has 0 unspecified atom stereocenters. The van der Waals surface area contributed by atoms with E-state index in [-0.39, 0.29) is 30.1 Å². The molecular weight excluding hydrogens is 455 g/mol. The normalized spacial score (nSPS) is 14.4. The highest BCUT2D eigenvalue weighted by molar-refractivity contribution is 7.99. The van der Waals surface area contributed by atoms with Gasteiger partial charge in [-0.05, 0) is 49.2 Å². The van der Waals surface area contributed by atoms with Crippen molar-refractivity contribution in [1.29, 1.82) is 0 Å². The molecule has 1 aliphatic rings. The molecule has 1 amide bonds. The fraction of sp³-hybridized carbons (Fsp3) is 0.360. The molecule has 1 aliphatic carbocycles. The van der Waals surface area contributed by atoms with E-state index in [0.717, 1.165) is 31.4 Å². The molecule has 0 bridgehead atoms. The minimum Gasteiger partial charge on any atom is -0.455 e. The Balaban J connectivity index is 1.38. The Labute approximate surface area is 202 Å². The number of nitrogens with zero attached hydrogens (tertiary/aromatic N) is 3. The molecule has 7 nitrogen and oxygen atoms in total. The van der Waals surface area contributed by atoms with Gasteiger partial charge in [-0.2, -0.15) is 0 Å². The molecule has 2 aromatic carbocycles. The summed E-state index contributed by atoms with van der Waals surface area (Å²) in [6, 6.07) is 15.6. The molecule has 178 valence electrons. The van der Waals surface area contributed by atoms with Gasteiger partial charge in [0.25, 0.3) is 5.91 Å². The first-order chi connectivity index (χ1) is 16.6. The van der Waals surface area contributed by atoms with E-state index in [2.05, 4.69) is 15.5 Å². The molecule has 3 aromatic rings. The minimum atomic E-state index is -0.507. The summed E-state index contributed by atoms with van der Waals surface area (Å²) < 4.78 is 20.4. The van der Waals surface area contributed by atoms with Crippen LogP contribution in [0.1, 0.15) is 38.5 Å². The SMILES string of the molecule is O=C(COC(=O)CSc1nnc(-c2ccc(F)cc2)n1-c1ccccc1)NC1CCCCCC1. The van der Waals surface area contributed by atoms with Crippen molar-refractivity contribution < 1.29 is 18.7 Å². The number of rotatable bonds is 8. The molecule has 0 radical (unpaired) electrons. The summed E-state index contributed by atoms with van der Waals surface area (Å²) in [6.45, 7) is -0.290. The van der Waals surface area contributed by atoms with E-state index in [1.165, 1.54) is 36.7 Å². The topological polar surface area (TPSA) is 86.1 Å². The van der Waals surface area contributed by atoms with Gasteiger partial charge in [-0.1, -0.05) is 55.6 Å². The average Bonchev–Trinajstić information content (AvgIpc) is 3.11. The van der Waals surface area contributed by atoms with Gasteiger partial charge in [0.2, 0.25) is 0 Å². The van der Waals surface area contributed by atoms with Crippen LogP contribution in [0.15, 0.2) is 59.8 Å². The van der Waals surface area contributed by atoms with Crippen molar-refractivity contribution in [2.75, 3.05) is 12.4 Å². The Morgan fingerprint density at radius 3 is 2.41 bits per heavy atom. The summed E-state index contributed by atoms with van der Waals surface area (Å²) in [4.78, 5) is 24.5. The van der Waals surface area contributed by atoms with E-state index in [1.54, 1.807) is 12.1 Å². The van der Waals surface area contributed by atoms with Crippen molar-refractivity contribution in [3.05, 3.63) is 60.4 Å². The number of ether oxygens (including phenoxy) is 1. The summed E-state index contributed by atoms with van der Waals surface area (Å²) in [5.41, 5.74) is 1.51. The van der Waals surface area contributed by atoms with E-state index < -0.39 is 5.97 Å². The van der Waals surface area contributed by atoms with Gasteiger partial charge in [-0.3, -0.25) is 14.2 Å². The maximum atomic E-state index is 13.4. The first-order valence-electron chi connectivity index (χ1n) is 11.4. The number of hydrogen-bond acceptors (Lipinski definition) is 6. The standard InChI is InChI=1S/C25H27FN4O3S/c26-19-14-12-18(13-15-19)24-28-29-25(30(24)21-10-6-3-7-11-21)34-17-23(32)33-16-22(31)27-20-8-4-1-2-5-9-20/h3,6-7,10-15,20H,1-2,4-5,8-9,16-17H2,(H,27,31). The highest BCUT2D eigenvalue weighted by atomic mass is 32.2. The fourth-order valence-corrected chi connectivity index (χ4v) is 4.71.